The molecule has 0 amide bonds. The van der Waals surface area contributed by atoms with E-state index in [9.17, 15) is 5.11 Å². The Morgan fingerprint density at radius 1 is 1.17 bits per heavy atom. The second-order valence-corrected chi connectivity index (χ2v) is 3.72. The molecular formula is C13H21NO4. The Labute approximate surface area is 108 Å². The van der Waals surface area contributed by atoms with Crippen LogP contribution in [-0.2, 0) is 11.3 Å². The van der Waals surface area contributed by atoms with Crippen LogP contribution < -0.4 is 14.8 Å². The van der Waals surface area contributed by atoms with Gasteiger partial charge in [-0.1, -0.05) is 0 Å². The molecule has 0 saturated heterocycles. The molecule has 0 heterocycles. The first-order chi connectivity index (χ1) is 8.72. The molecule has 1 rings (SSSR count). The summed E-state index contributed by atoms with van der Waals surface area (Å²) in [5, 5.41) is 13.0. The molecular weight excluding hydrogens is 234 g/mol. The van der Waals surface area contributed by atoms with Crippen molar-refractivity contribution in [2.24, 2.45) is 0 Å². The van der Waals surface area contributed by atoms with E-state index in [1.807, 2.05) is 6.92 Å². The smallest absolute Gasteiger partial charge is 0.200 e. The Hall–Kier alpha value is -1.46. The van der Waals surface area contributed by atoms with E-state index in [0.29, 0.717) is 24.7 Å². The molecule has 0 aliphatic heterocycles. The van der Waals surface area contributed by atoms with Gasteiger partial charge in [0, 0.05) is 19.7 Å². The van der Waals surface area contributed by atoms with E-state index in [4.69, 9.17) is 14.2 Å². The summed E-state index contributed by atoms with van der Waals surface area (Å²) < 4.78 is 15.4. The lowest BCUT2D eigenvalue weighted by Gasteiger charge is -2.11. The third kappa shape index (κ3) is 4.09. The zero-order chi connectivity index (χ0) is 13.4. The third-order valence-corrected chi connectivity index (χ3v) is 2.50. The topological polar surface area (TPSA) is 60.0 Å². The van der Waals surface area contributed by atoms with Crippen LogP contribution in [0.3, 0.4) is 0 Å². The van der Waals surface area contributed by atoms with E-state index in [1.54, 1.807) is 12.1 Å². The molecule has 0 aliphatic rings. The molecule has 5 nitrogen and oxygen atoms in total. The Morgan fingerprint density at radius 3 is 2.28 bits per heavy atom. The van der Waals surface area contributed by atoms with Crippen LogP contribution in [-0.4, -0.2) is 39.1 Å². The number of hydrogen-bond acceptors (Lipinski definition) is 5. The van der Waals surface area contributed by atoms with Crippen molar-refractivity contribution in [1.29, 1.82) is 0 Å². The Morgan fingerprint density at radius 2 is 1.78 bits per heavy atom. The van der Waals surface area contributed by atoms with Gasteiger partial charge in [-0.3, -0.25) is 0 Å². The molecule has 102 valence electrons. The highest BCUT2D eigenvalue weighted by atomic mass is 16.5. The number of phenols is 1. The summed E-state index contributed by atoms with van der Waals surface area (Å²) in [6.07, 6.45) is 0. The van der Waals surface area contributed by atoms with E-state index >= 15 is 0 Å². The molecule has 1 aromatic rings. The molecule has 5 heteroatoms. The fourth-order valence-electron chi connectivity index (χ4n) is 1.57. The van der Waals surface area contributed by atoms with Gasteiger partial charge in [-0.2, -0.15) is 0 Å². The van der Waals surface area contributed by atoms with Crippen LogP contribution in [0.25, 0.3) is 0 Å². The van der Waals surface area contributed by atoms with Crippen LogP contribution >= 0.6 is 0 Å². The van der Waals surface area contributed by atoms with Gasteiger partial charge in [-0.05, 0) is 24.6 Å². The van der Waals surface area contributed by atoms with Gasteiger partial charge >= 0.3 is 0 Å². The summed E-state index contributed by atoms with van der Waals surface area (Å²) in [5.74, 6) is 0.852. The highest BCUT2D eigenvalue weighted by molar-refractivity contribution is 5.52. The van der Waals surface area contributed by atoms with Gasteiger partial charge in [0.05, 0.1) is 20.8 Å². The van der Waals surface area contributed by atoms with E-state index in [2.05, 4.69) is 5.32 Å². The third-order valence-electron chi connectivity index (χ3n) is 2.50. The minimum absolute atomic E-state index is 0.0260. The summed E-state index contributed by atoms with van der Waals surface area (Å²) in [4.78, 5) is 0. The Bertz CT molecular complexity index is 343. The number of benzene rings is 1. The summed E-state index contributed by atoms with van der Waals surface area (Å²) in [7, 11) is 3.03. The summed E-state index contributed by atoms with van der Waals surface area (Å²) >= 11 is 0. The van der Waals surface area contributed by atoms with Gasteiger partial charge in [-0.15, -0.1) is 0 Å². The average Bonchev–Trinajstić information content (AvgIpc) is 2.40. The van der Waals surface area contributed by atoms with Crippen LogP contribution in [0.2, 0.25) is 0 Å². The van der Waals surface area contributed by atoms with Crippen molar-refractivity contribution >= 4 is 0 Å². The van der Waals surface area contributed by atoms with Crippen LogP contribution in [0.4, 0.5) is 0 Å². The van der Waals surface area contributed by atoms with Crippen LogP contribution in [0.1, 0.15) is 12.5 Å². The van der Waals surface area contributed by atoms with Crippen LogP contribution in [0.15, 0.2) is 12.1 Å². The lowest BCUT2D eigenvalue weighted by Crippen LogP contribution is -2.19. The maximum atomic E-state index is 9.76. The van der Waals surface area contributed by atoms with E-state index < -0.39 is 0 Å². The van der Waals surface area contributed by atoms with Crippen molar-refractivity contribution in [1.82, 2.24) is 5.32 Å². The Balaban J connectivity index is 2.60. The van der Waals surface area contributed by atoms with Gasteiger partial charge in [0.15, 0.2) is 11.5 Å². The second-order valence-electron chi connectivity index (χ2n) is 3.72. The standard InChI is InChI=1S/C13H21NO4/c1-4-18-6-5-14-9-10-7-11(16-2)13(15)12(8-10)17-3/h7-8,14-15H,4-6,9H2,1-3H3. The second kappa shape index (κ2) is 7.79. The summed E-state index contributed by atoms with van der Waals surface area (Å²) in [6.45, 7) is 4.82. The van der Waals surface area contributed by atoms with Crippen molar-refractivity contribution in [3.8, 4) is 17.2 Å². The number of rotatable bonds is 8. The zero-order valence-corrected chi connectivity index (χ0v) is 11.2. The molecule has 0 saturated carbocycles. The van der Waals surface area contributed by atoms with Crippen molar-refractivity contribution in [2.75, 3.05) is 34.0 Å². The monoisotopic (exact) mass is 255 g/mol. The maximum absolute atomic E-state index is 9.76. The number of phenolic OH excluding ortho intramolecular Hbond substituents is 1. The molecule has 18 heavy (non-hydrogen) atoms. The highest BCUT2D eigenvalue weighted by Gasteiger charge is 2.10. The fourth-order valence-corrected chi connectivity index (χ4v) is 1.57. The van der Waals surface area contributed by atoms with Gasteiger partial charge in [-0.25, -0.2) is 0 Å². The van der Waals surface area contributed by atoms with Gasteiger partial charge in [0.2, 0.25) is 5.75 Å². The minimum atomic E-state index is 0.0260. The first-order valence-corrected chi connectivity index (χ1v) is 5.95. The minimum Gasteiger partial charge on any atom is -0.502 e. The molecule has 0 spiro atoms. The quantitative estimate of drug-likeness (QED) is 0.690. The fraction of sp³-hybridized carbons (Fsp3) is 0.538. The SMILES string of the molecule is CCOCCNCc1cc(OC)c(O)c(OC)c1. The lowest BCUT2D eigenvalue weighted by atomic mass is 10.2. The number of ether oxygens (including phenoxy) is 3. The van der Waals surface area contributed by atoms with Crippen molar-refractivity contribution in [3.05, 3.63) is 17.7 Å². The first-order valence-electron chi connectivity index (χ1n) is 5.95. The number of hydrogen-bond donors (Lipinski definition) is 2. The molecule has 1 aromatic carbocycles. The highest BCUT2D eigenvalue weighted by Crippen LogP contribution is 2.36. The summed E-state index contributed by atoms with van der Waals surface area (Å²) in [6, 6.07) is 3.57. The van der Waals surface area contributed by atoms with Crippen LogP contribution in [0, 0.1) is 0 Å². The van der Waals surface area contributed by atoms with E-state index in [-0.39, 0.29) is 5.75 Å². The number of methoxy groups -OCH3 is 2. The normalized spacial score (nSPS) is 10.4. The predicted molar refractivity (Wildman–Crippen MR) is 69.4 cm³/mol. The largest absolute Gasteiger partial charge is 0.502 e. The van der Waals surface area contributed by atoms with Gasteiger partial charge < -0.3 is 24.6 Å². The van der Waals surface area contributed by atoms with Crippen molar-refractivity contribution in [2.45, 2.75) is 13.5 Å². The zero-order valence-electron chi connectivity index (χ0n) is 11.2. The molecule has 0 fully saturated rings. The molecule has 0 bridgehead atoms. The maximum Gasteiger partial charge on any atom is 0.200 e. The predicted octanol–water partition coefficient (Wildman–Crippen LogP) is 1.54. The van der Waals surface area contributed by atoms with E-state index in [0.717, 1.165) is 18.7 Å². The number of nitrogens with one attached hydrogen (secondary N) is 1. The first kappa shape index (κ1) is 14.6. The van der Waals surface area contributed by atoms with Gasteiger partial charge in [0.25, 0.3) is 0 Å². The van der Waals surface area contributed by atoms with Crippen LogP contribution in [0.5, 0.6) is 17.2 Å². The molecule has 0 radical (unpaired) electrons. The molecule has 0 unspecified atom stereocenters. The summed E-state index contributed by atoms with van der Waals surface area (Å²) in [5.41, 5.74) is 0.984. The average molecular weight is 255 g/mol. The van der Waals surface area contributed by atoms with Gasteiger partial charge in [0.1, 0.15) is 0 Å². The van der Waals surface area contributed by atoms with Crippen molar-refractivity contribution < 1.29 is 19.3 Å². The molecule has 0 aliphatic carbocycles. The van der Waals surface area contributed by atoms with Crippen molar-refractivity contribution in [3.63, 3.8) is 0 Å². The number of aromatic hydroxyl groups is 1. The molecule has 0 atom stereocenters. The molecule has 0 aromatic heterocycles. The molecule has 2 N–H and O–H groups in total. The lowest BCUT2D eigenvalue weighted by molar-refractivity contribution is 0.149. The Kier molecular flexibility index (Phi) is 6.32. The van der Waals surface area contributed by atoms with E-state index in [1.165, 1.54) is 14.2 Å².